The van der Waals surface area contributed by atoms with Crippen molar-refractivity contribution in [2.45, 2.75) is 6.42 Å². The van der Waals surface area contributed by atoms with Gasteiger partial charge in [-0.15, -0.1) is 0 Å². The van der Waals surface area contributed by atoms with E-state index in [4.69, 9.17) is 16.3 Å². The summed E-state index contributed by atoms with van der Waals surface area (Å²) in [6.45, 7) is -0.168. The van der Waals surface area contributed by atoms with Gasteiger partial charge in [0.15, 0.2) is 6.61 Å². The number of hydrogen-bond donors (Lipinski definition) is 1. The van der Waals surface area contributed by atoms with Crippen molar-refractivity contribution < 1.29 is 19.1 Å². The van der Waals surface area contributed by atoms with Crippen molar-refractivity contribution in [2.75, 3.05) is 23.4 Å². The number of esters is 1. The fourth-order valence-corrected chi connectivity index (χ4v) is 2.93. The normalized spacial score (nSPS) is 16.4. The minimum absolute atomic E-state index is 0.0731. The Morgan fingerprint density at radius 2 is 1.92 bits per heavy atom. The van der Waals surface area contributed by atoms with Crippen LogP contribution >= 0.6 is 11.6 Å². The Bertz CT molecular complexity index is 825. The second-order valence-corrected chi connectivity index (χ2v) is 6.34. The van der Waals surface area contributed by atoms with Gasteiger partial charge in [0.25, 0.3) is 5.91 Å². The first-order valence-corrected chi connectivity index (χ1v) is 8.48. The van der Waals surface area contributed by atoms with E-state index >= 15 is 0 Å². The molecule has 1 heterocycles. The minimum Gasteiger partial charge on any atom is -0.455 e. The Balaban J connectivity index is 1.51. The van der Waals surface area contributed by atoms with Gasteiger partial charge in [-0.25, -0.2) is 0 Å². The van der Waals surface area contributed by atoms with E-state index in [-0.39, 0.29) is 18.9 Å². The van der Waals surface area contributed by atoms with E-state index in [0.717, 1.165) is 5.69 Å². The van der Waals surface area contributed by atoms with Gasteiger partial charge in [0.05, 0.1) is 5.92 Å². The van der Waals surface area contributed by atoms with Crippen molar-refractivity contribution in [3.05, 3.63) is 59.6 Å². The van der Waals surface area contributed by atoms with Crippen LogP contribution in [0.1, 0.15) is 6.42 Å². The lowest BCUT2D eigenvalue weighted by molar-refractivity contribution is -0.151. The molecule has 2 aromatic rings. The molecule has 3 rings (SSSR count). The Labute approximate surface area is 155 Å². The van der Waals surface area contributed by atoms with Crippen LogP contribution in [0.15, 0.2) is 54.6 Å². The molecule has 1 aliphatic heterocycles. The number of benzene rings is 2. The highest BCUT2D eigenvalue weighted by molar-refractivity contribution is 6.30. The standard InChI is InChI=1S/C19H17ClN2O4/c20-14-5-4-6-15(10-14)21-17(23)12-26-19(25)13-9-18(24)22(11-13)16-7-2-1-3-8-16/h1-8,10,13H,9,11-12H2,(H,21,23). The number of rotatable bonds is 5. The van der Waals surface area contributed by atoms with Crippen LogP contribution in [0, 0.1) is 5.92 Å². The lowest BCUT2D eigenvalue weighted by Gasteiger charge is -2.16. The molecule has 1 N–H and O–H groups in total. The predicted molar refractivity (Wildman–Crippen MR) is 97.9 cm³/mol. The van der Waals surface area contributed by atoms with Gasteiger partial charge in [-0.3, -0.25) is 14.4 Å². The largest absolute Gasteiger partial charge is 0.455 e. The van der Waals surface area contributed by atoms with Gasteiger partial charge in [-0.05, 0) is 30.3 Å². The van der Waals surface area contributed by atoms with Crippen LogP contribution in [-0.4, -0.2) is 30.9 Å². The molecule has 2 amide bonds. The second kappa shape index (κ2) is 8.01. The highest BCUT2D eigenvalue weighted by Gasteiger charge is 2.36. The zero-order chi connectivity index (χ0) is 18.5. The Hall–Kier alpha value is -2.86. The van der Waals surface area contributed by atoms with Crippen LogP contribution in [-0.2, 0) is 19.1 Å². The van der Waals surface area contributed by atoms with Crippen molar-refractivity contribution in [3.63, 3.8) is 0 Å². The van der Waals surface area contributed by atoms with Crippen molar-refractivity contribution in [3.8, 4) is 0 Å². The molecule has 134 valence electrons. The lowest BCUT2D eigenvalue weighted by Crippen LogP contribution is -2.28. The average Bonchev–Trinajstić information content (AvgIpc) is 3.02. The molecule has 1 fully saturated rings. The van der Waals surface area contributed by atoms with E-state index in [1.165, 1.54) is 0 Å². The number of carbonyl (C=O) groups excluding carboxylic acids is 3. The first-order valence-electron chi connectivity index (χ1n) is 8.10. The van der Waals surface area contributed by atoms with Crippen molar-refractivity contribution in [1.82, 2.24) is 0 Å². The number of nitrogens with one attached hydrogen (secondary N) is 1. The molecule has 26 heavy (non-hydrogen) atoms. The van der Waals surface area contributed by atoms with Crippen molar-refractivity contribution >= 4 is 40.8 Å². The molecule has 0 spiro atoms. The summed E-state index contributed by atoms with van der Waals surface area (Å²) in [4.78, 5) is 37.7. The van der Waals surface area contributed by atoms with Gasteiger partial charge in [0, 0.05) is 29.4 Å². The van der Waals surface area contributed by atoms with Crippen molar-refractivity contribution in [1.29, 1.82) is 0 Å². The number of amides is 2. The molecule has 0 aliphatic carbocycles. The summed E-state index contributed by atoms with van der Waals surface area (Å²) in [6.07, 6.45) is 0.0731. The van der Waals surface area contributed by atoms with E-state index in [9.17, 15) is 14.4 Å². The van der Waals surface area contributed by atoms with Gasteiger partial charge in [0.1, 0.15) is 0 Å². The van der Waals surface area contributed by atoms with Gasteiger partial charge in [0.2, 0.25) is 5.91 Å². The highest BCUT2D eigenvalue weighted by atomic mass is 35.5. The average molecular weight is 373 g/mol. The SMILES string of the molecule is O=C(COC(=O)C1CC(=O)N(c2ccccc2)C1)Nc1cccc(Cl)c1. The summed E-state index contributed by atoms with van der Waals surface area (Å²) in [6, 6.07) is 15.8. The third kappa shape index (κ3) is 4.40. The number of halogens is 1. The molecule has 1 aliphatic rings. The number of anilines is 2. The number of carbonyl (C=O) groups is 3. The van der Waals surface area contributed by atoms with Crippen LogP contribution in [0.3, 0.4) is 0 Å². The summed E-state index contributed by atoms with van der Waals surface area (Å²) < 4.78 is 5.06. The maximum absolute atomic E-state index is 12.2. The third-order valence-corrected chi connectivity index (χ3v) is 4.22. The van der Waals surface area contributed by atoms with Gasteiger partial charge < -0.3 is 15.0 Å². The highest BCUT2D eigenvalue weighted by Crippen LogP contribution is 2.25. The zero-order valence-corrected chi connectivity index (χ0v) is 14.6. The van der Waals surface area contributed by atoms with Gasteiger partial charge in [-0.1, -0.05) is 35.9 Å². The van der Waals surface area contributed by atoms with Gasteiger partial charge >= 0.3 is 5.97 Å². The minimum atomic E-state index is -0.582. The second-order valence-electron chi connectivity index (χ2n) is 5.91. The van der Waals surface area contributed by atoms with E-state index < -0.39 is 24.4 Å². The molecule has 0 radical (unpaired) electrons. The van der Waals surface area contributed by atoms with Gasteiger partial charge in [-0.2, -0.15) is 0 Å². The molecular weight excluding hydrogens is 356 g/mol. The first-order chi connectivity index (χ1) is 12.5. The molecule has 6 nitrogen and oxygen atoms in total. The summed E-state index contributed by atoms with van der Waals surface area (Å²) in [7, 11) is 0. The van der Waals surface area contributed by atoms with E-state index in [1.807, 2.05) is 30.3 Å². The Kier molecular flexibility index (Phi) is 5.53. The number of nitrogens with zero attached hydrogens (tertiary/aromatic N) is 1. The topological polar surface area (TPSA) is 75.7 Å². The maximum atomic E-state index is 12.2. The smallest absolute Gasteiger partial charge is 0.311 e. The van der Waals surface area contributed by atoms with Crippen LogP contribution in [0.2, 0.25) is 5.02 Å². The Morgan fingerprint density at radius 1 is 1.15 bits per heavy atom. The molecule has 0 aromatic heterocycles. The number of para-hydroxylation sites is 1. The quantitative estimate of drug-likeness (QED) is 0.819. The summed E-state index contributed by atoms with van der Waals surface area (Å²) >= 11 is 5.85. The molecule has 1 unspecified atom stereocenters. The molecule has 2 aromatic carbocycles. The molecular formula is C19H17ClN2O4. The summed E-state index contributed by atoms with van der Waals surface area (Å²) in [5.74, 6) is -1.74. The third-order valence-electron chi connectivity index (χ3n) is 3.98. The molecule has 1 atom stereocenters. The fourth-order valence-electron chi connectivity index (χ4n) is 2.74. The van der Waals surface area contributed by atoms with Crippen LogP contribution in [0.25, 0.3) is 0 Å². The van der Waals surface area contributed by atoms with Crippen LogP contribution < -0.4 is 10.2 Å². The molecule has 0 bridgehead atoms. The summed E-state index contributed by atoms with van der Waals surface area (Å²) in [5.41, 5.74) is 1.26. The fraction of sp³-hybridized carbons (Fsp3) is 0.211. The maximum Gasteiger partial charge on any atom is 0.311 e. The van der Waals surface area contributed by atoms with Crippen LogP contribution in [0.4, 0.5) is 11.4 Å². The molecule has 0 saturated carbocycles. The zero-order valence-electron chi connectivity index (χ0n) is 13.9. The van der Waals surface area contributed by atoms with E-state index in [0.29, 0.717) is 10.7 Å². The monoisotopic (exact) mass is 372 g/mol. The number of hydrogen-bond acceptors (Lipinski definition) is 4. The van der Waals surface area contributed by atoms with E-state index in [2.05, 4.69) is 5.32 Å². The first kappa shape index (κ1) is 17.9. The predicted octanol–water partition coefficient (Wildman–Crippen LogP) is 2.87. The van der Waals surface area contributed by atoms with Crippen molar-refractivity contribution in [2.24, 2.45) is 5.92 Å². The Morgan fingerprint density at radius 3 is 2.65 bits per heavy atom. The molecule has 1 saturated heterocycles. The molecule has 7 heteroatoms. The summed E-state index contributed by atoms with van der Waals surface area (Å²) in [5, 5.41) is 3.09. The van der Waals surface area contributed by atoms with E-state index in [1.54, 1.807) is 29.2 Å². The number of ether oxygens (including phenoxy) is 1. The van der Waals surface area contributed by atoms with Crippen LogP contribution in [0.5, 0.6) is 0 Å². The lowest BCUT2D eigenvalue weighted by atomic mass is 10.1.